The highest BCUT2D eigenvalue weighted by molar-refractivity contribution is 5.56. The van der Waals surface area contributed by atoms with Gasteiger partial charge in [-0.2, -0.15) is 0 Å². The molecule has 0 saturated carbocycles. The molecule has 2 N–H and O–H groups in total. The zero-order valence-electron chi connectivity index (χ0n) is 10.2. The van der Waals surface area contributed by atoms with E-state index >= 15 is 0 Å². The molecule has 0 spiro atoms. The molecular formula is C15H17NO. The summed E-state index contributed by atoms with van der Waals surface area (Å²) in [6, 6.07) is 13.5. The standard InChI is InChI=1S/C15H17NO/c1-11-4-3-5-12(2)15(11)16-10-13-6-8-14(17)9-7-13/h3-9,16-17H,10H2,1-2H3. The van der Waals surface area contributed by atoms with Gasteiger partial charge in [0.2, 0.25) is 0 Å². The van der Waals surface area contributed by atoms with Crippen LogP contribution in [-0.4, -0.2) is 5.11 Å². The summed E-state index contributed by atoms with van der Waals surface area (Å²) in [7, 11) is 0. The van der Waals surface area contributed by atoms with E-state index in [4.69, 9.17) is 0 Å². The first-order valence-corrected chi connectivity index (χ1v) is 5.75. The van der Waals surface area contributed by atoms with Crippen LogP contribution < -0.4 is 5.32 Å². The van der Waals surface area contributed by atoms with Crippen LogP contribution in [-0.2, 0) is 6.54 Å². The number of aromatic hydroxyl groups is 1. The van der Waals surface area contributed by atoms with Crippen molar-refractivity contribution in [3.8, 4) is 5.75 Å². The predicted molar refractivity (Wildman–Crippen MR) is 71.3 cm³/mol. The van der Waals surface area contributed by atoms with Crippen LogP contribution in [0, 0.1) is 13.8 Å². The maximum absolute atomic E-state index is 9.21. The fourth-order valence-corrected chi connectivity index (χ4v) is 1.90. The van der Waals surface area contributed by atoms with Crippen LogP contribution in [0.2, 0.25) is 0 Å². The van der Waals surface area contributed by atoms with E-state index in [1.807, 2.05) is 12.1 Å². The average molecular weight is 227 g/mol. The number of hydrogen-bond donors (Lipinski definition) is 2. The lowest BCUT2D eigenvalue weighted by atomic mass is 10.1. The topological polar surface area (TPSA) is 32.3 Å². The molecule has 0 atom stereocenters. The monoisotopic (exact) mass is 227 g/mol. The van der Waals surface area contributed by atoms with E-state index in [9.17, 15) is 5.11 Å². The Morgan fingerprint density at radius 2 is 1.53 bits per heavy atom. The van der Waals surface area contributed by atoms with Crippen molar-refractivity contribution < 1.29 is 5.11 Å². The summed E-state index contributed by atoms with van der Waals surface area (Å²) < 4.78 is 0. The van der Waals surface area contributed by atoms with Crippen molar-refractivity contribution in [1.29, 1.82) is 0 Å². The summed E-state index contributed by atoms with van der Waals surface area (Å²) in [5.74, 6) is 0.306. The van der Waals surface area contributed by atoms with E-state index < -0.39 is 0 Å². The second-order valence-electron chi connectivity index (χ2n) is 4.29. The normalized spacial score (nSPS) is 10.2. The highest BCUT2D eigenvalue weighted by Crippen LogP contribution is 2.20. The average Bonchev–Trinajstić information content (AvgIpc) is 2.31. The van der Waals surface area contributed by atoms with Crippen LogP contribution in [0.1, 0.15) is 16.7 Å². The zero-order valence-corrected chi connectivity index (χ0v) is 10.2. The van der Waals surface area contributed by atoms with Crippen LogP contribution in [0.15, 0.2) is 42.5 Å². The molecule has 2 heteroatoms. The molecule has 0 saturated heterocycles. The summed E-state index contributed by atoms with van der Waals surface area (Å²) in [5, 5.41) is 12.6. The molecule has 0 aromatic heterocycles. The number of anilines is 1. The van der Waals surface area contributed by atoms with Crippen LogP contribution >= 0.6 is 0 Å². The third-order valence-electron chi connectivity index (χ3n) is 2.89. The molecule has 0 unspecified atom stereocenters. The van der Waals surface area contributed by atoms with Crippen LogP contribution in [0.4, 0.5) is 5.69 Å². The number of rotatable bonds is 3. The van der Waals surface area contributed by atoms with Crippen LogP contribution in [0.3, 0.4) is 0 Å². The van der Waals surface area contributed by atoms with Gasteiger partial charge in [0.15, 0.2) is 0 Å². The van der Waals surface area contributed by atoms with E-state index in [0.29, 0.717) is 5.75 Å². The molecule has 0 bridgehead atoms. The van der Waals surface area contributed by atoms with Crippen molar-refractivity contribution in [1.82, 2.24) is 0 Å². The van der Waals surface area contributed by atoms with Crippen LogP contribution in [0.25, 0.3) is 0 Å². The largest absolute Gasteiger partial charge is 0.508 e. The maximum Gasteiger partial charge on any atom is 0.115 e. The highest BCUT2D eigenvalue weighted by Gasteiger charge is 2.01. The fourth-order valence-electron chi connectivity index (χ4n) is 1.90. The minimum Gasteiger partial charge on any atom is -0.508 e. The van der Waals surface area contributed by atoms with Gasteiger partial charge in [-0.1, -0.05) is 30.3 Å². The van der Waals surface area contributed by atoms with Gasteiger partial charge in [-0.25, -0.2) is 0 Å². The number of phenolic OH excluding ortho intramolecular Hbond substituents is 1. The molecule has 17 heavy (non-hydrogen) atoms. The Balaban J connectivity index is 2.10. The molecule has 0 heterocycles. The molecule has 2 aromatic rings. The van der Waals surface area contributed by atoms with Gasteiger partial charge in [0, 0.05) is 12.2 Å². The minimum atomic E-state index is 0.306. The first-order valence-electron chi connectivity index (χ1n) is 5.75. The van der Waals surface area contributed by atoms with Gasteiger partial charge in [-0.3, -0.25) is 0 Å². The quantitative estimate of drug-likeness (QED) is 0.839. The smallest absolute Gasteiger partial charge is 0.115 e. The Kier molecular flexibility index (Phi) is 3.33. The van der Waals surface area contributed by atoms with Crippen molar-refractivity contribution in [2.75, 3.05) is 5.32 Å². The molecule has 2 nitrogen and oxygen atoms in total. The van der Waals surface area contributed by atoms with Gasteiger partial charge in [-0.05, 0) is 42.7 Å². The van der Waals surface area contributed by atoms with Gasteiger partial charge in [0.25, 0.3) is 0 Å². The van der Waals surface area contributed by atoms with E-state index in [-0.39, 0.29) is 0 Å². The van der Waals surface area contributed by atoms with Crippen molar-refractivity contribution in [3.05, 3.63) is 59.2 Å². The van der Waals surface area contributed by atoms with Crippen LogP contribution in [0.5, 0.6) is 5.75 Å². The third kappa shape index (κ3) is 2.78. The van der Waals surface area contributed by atoms with E-state index in [2.05, 4.69) is 37.4 Å². The molecule has 2 rings (SSSR count). The Morgan fingerprint density at radius 1 is 0.941 bits per heavy atom. The van der Waals surface area contributed by atoms with Crippen molar-refractivity contribution in [2.45, 2.75) is 20.4 Å². The number of phenols is 1. The number of aryl methyl sites for hydroxylation is 2. The van der Waals surface area contributed by atoms with E-state index in [0.717, 1.165) is 12.1 Å². The molecule has 0 aliphatic heterocycles. The number of benzene rings is 2. The fraction of sp³-hybridized carbons (Fsp3) is 0.200. The molecule has 0 aliphatic rings. The lowest BCUT2D eigenvalue weighted by Gasteiger charge is -2.12. The molecule has 88 valence electrons. The summed E-state index contributed by atoms with van der Waals surface area (Å²) in [4.78, 5) is 0. The van der Waals surface area contributed by atoms with Crippen molar-refractivity contribution >= 4 is 5.69 Å². The minimum absolute atomic E-state index is 0.306. The van der Waals surface area contributed by atoms with Gasteiger partial charge >= 0.3 is 0 Å². The van der Waals surface area contributed by atoms with Crippen molar-refractivity contribution in [2.24, 2.45) is 0 Å². The molecule has 2 aromatic carbocycles. The van der Waals surface area contributed by atoms with Gasteiger partial charge < -0.3 is 10.4 Å². The number of para-hydroxylation sites is 1. The number of nitrogens with one attached hydrogen (secondary N) is 1. The number of hydrogen-bond acceptors (Lipinski definition) is 2. The predicted octanol–water partition coefficient (Wildman–Crippen LogP) is 3.62. The van der Waals surface area contributed by atoms with Gasteiger partial charge in [0.05, 0.1) is 0 Å². The summed E-state index contributed by atoms with van der Waals surface area (Å²) in [6.07, 6.45) is 0. The molecule has 0 fully saturated rings. The van der Waals surface area contributed by atoms with E-state index in [1.54, 1.807) is 12.1 Å². The summed E-state index contributed by atoms with van der Waals surface area (Å²) in [6.45, 7) is 4.98. The molecule has 0 radical (unpaired) electrons. The van der Waals surface area contributed by atoms with Gasteiger partial charge in [0.1, 0.15) is 5.75 Å². The highest BCUT2D eigenvalue weighted by atomic mass is 16.3. The van der Waals surface area contributed by atoms with E-state index in [1.165, 1.54) is 16.8 Å². The second kappa shape index (κ2) is 4.91. The molecular weight excluding hydrogens is 210 g/mol. The lowest BCUT2D eigenvalue weighted by Crippen LogP contribution is -2.02. The zero-order chi connectivity index (χ0) is 12.3. The Hall–Kier alpha value is -1.96. The Morgan fingerprint density at radius 3 is 2.12 bits per heavy atom. The van der Waals surface area contributed by atoms with Crippen molar-refractivity contribution in [3.63, 3.8) is 0 Å². The van der Waals surface area contributed by atoms with Gasteiger partial charge in [-0.15, -0.1) is 0 Å². The molecule has 0 aliphatic carbocycles. The summed E-state index contributed by atoms with van der Waals surface area (Å²) in [5.41, 5.74) is 4.86. The summed E-state index contributed by atoms with van der Waals surface area (Å²) >= 11 is 0. The first kappa shape index (κ1) is 11.5. The first-order chi connectivity index (χ1) is 8.16. The maximum atomic E-state index is 9.21. The lowest BCUT2D eigenvalue weighted by molar-refractivity contribution is 0.475. The molecule has 0 amide bonds. The third-order valence-corrected chi connectivity index (χ3v) is 2.89. The second-order valence-corrected chi connectivity index (χ2v) is 4.29. The SMILES string of the molecule is Cc1cccc(C)c1NCc1ccc(O)cc1. The Bertz CT molecular complexity index is 483. The Labute approximate surface area is 102 Å².